The molecule has 0 aliphatic heterocycles. The number of thioether (sulfide) groups is 1. The van der Waals surface area contributed by atoms with Crippen LogP contribution in [-0.2, 0) is 6.18 Å². The third-order valence-corrected chi connectivity index (χ3v) is 3.52. The molecular formula is C8H5BrClF3S. The third kappa shape index (κ3) is 2.58. The molecule has 1 rings (SSSR count). The first kappa shape index (κ1) is 12.2. The molecule has 0 aliphatic carbocycles. The van der Waals surface area contributed by atoms with Crippen molar-refractivity contribution >= 4 is 39.3 Å². The van der Waals surface area contributed by atoms with E-state index < -0.39 is 11.7 Å². The number of rotatable bonds is 1. The summed E-state index contributed by atoms with van der Waals surface area (Å²) in [6.45, 7) is 0. The highest BCUT2D eigenvalue weighted by molar-refractivity contribution is 9.10. The van der Waals surface area contributed by atoms with Gasteiger partial charge in [0.2, 0.25) is 0 Å². The van der Waals surface area contributed by atoms with Gasteiger partial charge in [-0.15, -0.1) is 11.8 Å². The summed E-state index contributed by atoms with van der Waals surface area (Å²) in [7, 11) is 0. The van der Waals surface area contributed by atoms with Gasteiger partial charge in [-0.3, -0.25) is 0 Å². The van der Waals surface area contributed by atoms with Gasteiger partial charge in [0, 0.05) is 9.37 Å². The maximum absolute atomic E-state index is 12.5. The van der Waals surface area contributed by atoms with Crippen LogP contribution >= 0.6 is 39.3 Å². The molecule has 0 spiro atoms. The molecule has 0 aromatic heterocycles. The molecule has 0 nitrogen and oxygen atoms in total. The van der Waals surface area contributed by atoms with Gasteiger partial charge in [0.15, 0.2) is 0 Å². The Morgan fingerprint density at radius 1 is 1.36 bits per heavy atom. The summed E-state index contributed by atoms with van der Waals surface area (Å²) in [5, 5.41) is 0.0649. The molecule has 0 saturated carbocycles. The lowest BCUT2D eigenvalue weighted by Crippen LogP contribution is -2.06. The van der Waals surface area contributed by atoms with Crippen LogP contribution in [0.3, 0.4) is 0 Å². The molecule has 14 heavy (non-hydrogen) atoms. The first-order chi connectivity index (χ1) is 6.36. The second kappa shape index (κ2) is 4.33. The minimum atomic E-state index is -4.36. The van der Waals surface area contributed by atoms with Crippen LogP contribution in [0, 0.1) is 0 Å². The predicted molar refractivity (Wildman–Crippen MR) is 55.9 cm³/mol. The normalized spacial score (nSPS) is 11.9. The minimum Gasteiger partial charge on any atom is -0.166 e. The van der Waals surface area contributed by atoms with E-state index in [2.05, 4.69) is 15.9 Å². The van der Waals surface area contributed by atoms with Crippen LogP contribution in [0.5, 0.6) is 0 Å². The van der Waals surface area contributed by atoms with Crippen molar-refractivity contribution in [3.63, 3.8) is 0 Å². The molecule has 0 atom stereocenters. The fraction of sp³-hybridized carbons (Fsp3) is 0.250. The number of halogens is 5. The fourth-order valence-corrected chi connectivity index (χ4v) is 2.21. The van der Waals surface area contributed by atoms with Crippen molar-refractivity contribution in [3.05, 3.63) is 27.2 Å². The number of hydrogen-bond acceptors (Lipinski definition) is 1. The van der Waals surface area contributed by atoms with Gasteiger partial charge in [-0.05, 0) is 34.3 Å². The molecule has 0 N–H and O–H groups in total. The Bertz CT molecular complexity index is 351. The summed E-state index contributed by atoms with van der Waals surface area (Å²) in [4.78, 5) is 0.161. The summed E-state index contributed by atoms with van der Waals surface area (Å²) in [5.74, 6) is 0. The second-order valence-electron chi connectivity index (χ2n) is 2.46. The van der Waals surface area contributed by atoms with Crippen LogP contribution in [0.2, 0.25) is 5.02 Å². The third-order valence-electron chi connectivity index (χ3n) is 1.55. The average molecular weight is 306 g/mol. The Labute approximate surface area is 97.0 Å². The van der Waals surface area contributed by atoms with Crippen LogP contribution in [0.25, 0.3) is 0 Å². The molecule has 1 aromatic carbocycles. The van der Waals surface area contributed by atoms with E-state index in [0.717, 1.165) is 17.8 Å². The summed E-state index contributed by atoms with van der Waals surface area (Å²) in [6, 6.07) is 2.30. The molecule has 1 aromatic rings. The monoisotopic (exact) mass is 304 g/mol. The topological polar surface area (TPSA) is 0 Å². The minimum absolute atomic E-state index is 0.0649. The van der Waals surface area contributed by atoms with Crippen molar-refractivity contribution in [3.8, 4) is 0 Å². The number of hydrogen-bond donors (Lipinski definition) is 0. The molecule has 78 valence electrons. The fourth-order valence-electron chi connectivity index (χ4n) is 0.919. The van der Waals surface area contributed by atoms with Crippen LogP contribution < -0.4 is 0 Å². The van der Waals surface area contributed by atoms with E-state index in [9.17, 15) is 13.2 Å². The van der Waals surface area contributed by atoms with Gasteiger partial charge in [0.25, 0.3) is 0 Å². The predicted octanol–water partition coefficient (Wildman–Crippen LogP) is 4.84. The SMILES string of the molecule is CSc1cc(Br)c(Cl)cc1C(F)(F)F. The highest BCUT2D eigenvalue weighted by Gasteiger charge is 2.33. The van der Waals surface area contributed by atoms with Crippen LogP contribution in [0.4, 0.5) is 13.2 Å². The lowest BCUT2D eigenvalue weighted by molar-refractivity contribution is -0.139. The molecular weight excluding hydrogens is 301 g/mol. The van der Waals surface area contributed by atoms with Crippen molar-refractivity contribution in [2.45, 2.75) is 11.1 Å². The van der Waals surface area contributed by atoms with Crippen molar-refractivity contribution in [2.75, 3.05) is 6.26 Å². The molecule has 0 amide bonds. The lowest BCUT2D eigenvalue weighted by Gasteiger charge is -2.12. The Balaban J connectivity index is 3.35. The second-order valence-corrected chi connectivity index (χ2v) is 4.57. The standard InChI is InChI=1S/C8H5BrClF3S/c1-14-7-3-5(9)6(10)2-4(7)8(11,12)13/h2-3H,1H3. The summed E-state index contributed by atoms with van der Waals surface area (Å²) < 4.78 is 37.8. The van der Waals surface area contributed by atoms with E-state index in [4.69, 9.17) is 11.6 Å². The first-order valence-corrected chi connectivity index (χ1v) is 5.86. The number of alkyl halides is 3. The van der Waals surface area contributed by atoms with E-state index in [-0.39, 0.29) is 9.92 Å². The van der Waals surface area contributed by atoms with Crippen LogP contribution in [0.15, 0.2) is 21.5 Å². The van der Waals surface area contributed by atoms with Crippen molar-refractivity contribution in [1.82, 2.24) is 0 Å². The Morgan fingerprint density at radius 2 is 1.93 bits per heavy atom. The largest absolute Gasteiger partial charge is 0.417 e. The quantitative estimate of drug-likeness (QED) is 0.669. The molecule has 0 bridgehead atoms. The van der Waals surface area contributed by atoms with Gasteiger partial charge in [0.1, 0.15) is 0 Å². The summed E-state index contributed by atoms with van der Waals surface area (Å²) in [5.41, 5.74) is -0.696. The smallest absolute Gasteiger partial charge is 0.166 e. The van der Waals surface area contributed by atoms with Gasteiger partial charge < -0.3 is 0 Å². The average Bonchev–Trinajstić information content (AvgIpc) is 2.07. The molecule has 0 fully saturated rings. The van der Waals surface area contributed by atoms with Gasteiger partial charge in [-0.25, -0.2) is 0 Å². The van der Waals surface area contributed by atoms with Crippen molar-refractivity contribution in [2.24, 2.45) is 0 Å². The summed E-state index contributed by atoms with van der Waals surface area (Å²) in [6.07, 6.45) is -2.77. The zero-order valence-corrected chi connectivity index (χ0v) is 10.1. The van der Waals surface area contributed by atoms with Crippen LogP contribution in [0.1, 0.15) is 5.56 Å². The van der Waals surface area contributed by atoms with Crippen LogP contribution in [-0.4, -0.2) is 6.26 Å². The Morgan fingerprint density at radius 3 is 2.36 bits per heavy atom. The molecule has 6 heteroatoms. The van der Waals surface area contributed by atoms with Crippen molar-refractivity contribution in [1.29, 1.82) is 0 Å². The van der Waals surface area contributed by atoms with Crippen molar-refractivity contribution < 1.29 is 13.2 Å². The van der Waals surface area contributed by atoms with E-state index in [1.807, 2.05) is 0 Å². The Hall–Kier alpha value is 0.130. The molecule has 0 saturated heterocycles. The zero-order valence-electron chi connectivity index (χ0n) is 6.95. The van der Waals surface area contributed by atoms with E-state index >= 15 is 0 Å². The molecule has 0 radical (unpaired) electrons. The summed E-state index contributed by atoms with van der Waals surface area (Å²) >= 11 is 9.70. The first-order valence-electron chi connectivity index (χ1n) is 3.46. The lowest BCUT2D eigenvalue weighted by atomic mass is 10.2. The van der Waals surface area contributed by atoms with E-state index in [1.165, 1.54) is 6.07 Å². The number of benzene rings is 1. The Kier molecular flexibility index (Phi) is 3.77. The van der Waals surface area contributed by atoms with Gasteiger partial charge in [-0.2, -0.15) is 13.2 Å². The van der Waals surface area contributed by atoms with Gasteiger partial charge >= 0.3 is 6.18 Å². The molecule has 0 aliphatic rings. The zero-order chi connectivity index (χ0) is 10.9. The molecule has 0 heterocycles. The van der Waals surface area contributed by atoms with E-state index in [0.29, 0.717) is 4.47 Å². The maximum atomic E-state index is 12.5. The van der Waals surface area contributed by atoms with E-state index in [1.54, 1.807) is 6.26 Å². The van der Waals surface area contributed by atoms with Gasteiger partial charge in [0.05, 0.1) is 10.6 Å². The molecule has 0 unspecified atom stereocenters. The highest BCUT2D eigenvalue weighted by Crippen LogP contribution is 2.40. The van der Waals surface area contributed by atoms with Gasteiger partial charge in [-0.1, -0.05) is 11.6 Å². The highest BCUT2D eigenvalue weighted by atomic mass is 79.9. The maximum Gasteiger partial charge on any atom is 0.417 e.